The number of fused-ring (bicyclic) bond motifs is 1. The van der Waals surface area contributed by atoms with Crippen LogP contribution >= 0.6 is 0 Å². The number of hydrogen-bond donors (Lipinski definition) is 0. The highest BCUT2D eigenvalue weighted by molar-refractivity contribution is 5.93. The summed E-state index contributed by atoms with van der Waals surface area (Å²) in [5.74, 6) is 1.01. The fourth-order valence-electron chi connectivity index (χ4n) is 3.34. The number of aryl methyl sites for hydroxylation is 1. The van der Waals surface area contributed by atoms with Crippen LogP contribution in [0.1, 0.15) is 35.2 Å². The Morgan fingerprint density at radius 3 is 3.00 bits per heavy atom. The number of rotatable bonds is 2. The van der Waals surface area contributed by atoms with Gasteiger partial charge in [-0.2, -0.15) is 0 Å². The molecule has 0 aromatic carbocycles. The molecule has 1 fully saturated rings. The maximum Gasteiger partial charge on any atom is 0.274 e. The van der Waals surface area contributed by atoms with Crippen LogP contribution in [0, 0.1) is 6.92 Å². The molecule has 23 heavy (non-hydrogen) atoms. The fourth-order valence-corrected chi connectivity index (χ4v) is 3.34. The van der Waals surface area contributed by atoms with Crippen LogP contribution < -0.4 is 0 Å². The summed E-state index contributed by atoms with van der Waals surface area (Å²) in [6, 6.07) is 6.06. The summed E-state index contributed by atoms with van der Waals surface area (Å²) in [5.41, 5.74) is 1.31. The van der Waals surface area contributed by atoms with Gasteiger partial charge in [0.25, 0.3) is 5.91 Å². The first kappa shape index (κ1) is 14.0. The van der Waals surface area contributed by atoms with Crippen LogP contribution in [0.5, 0.6) is 0 Å². The van der Waals surface area contributed by atoms with Gasteiger partial charge < -0.3 is 13.9 Å². The van der Waals surface area contributed by atoms with Crippen molar-refractivity contribution < 1.29 is 4.79 Å². The molecular weight excluding hydrogens is 290 g/mol. The maximum atomic E-state index is 12.8. The van der Waals surface area contributed by atoms with Crippen molar-refractivity contribution in [2.75, 3.05) is 13.1 Å². The average molecular weight is 309 g/mol. The number of imidazole rings is 2. The fraction of sp³-hybridized carbons (Fsp3) is 0.353. The van der Waals surface area contributed by atoms with Crippen LogP contribution in [0.2, 0.25) is 0 Å². The molecule has 1 aliphatic rings. The molecule has 3 aromatic heterocycles. The molecule has 1 aliphatic heterocycles. The first-order chi connectivity index (χ1) is 11.2. The lowest BCUT2D eigenvalue weighted by molar-refractivity contribution is 0.0673. The molecule has 1 saturated heterocycles. The van der Waals surface area contributed by atoms with Gasteiger partial charge in [0.2, 0.25) is 0 Å². The van der Waals surface area contributed by atoms with Crippen molar-refractivity contribution in [3.63, 3.8) is 0 Å². The van der Waals surface area contributed by atoms with Gasteiger partial charge in [0.1, 0.15) is 17.2 Å². The van der Waals surface area contributed by atoms with Gasteiger partial charge in [0, 0.05) is 37.9 Å². The minimum atomic E-state index is 0.0103. The number of carbonyl (C=O) groups excluding carboxylic acids is 1. The van der Waals surface area contributed by atoms with Crippen molar-refractivity contribution in [2.45, 2.75) is 25.8 Å². The zero-order chi connectivity index (χ0) is 15.8. The molecule has 0 bridgehead atoms. The normalized spacial score (nSPS) is 18.5. The van der Waals surface area contributed by atoms with Gasteiger partial charge in [-0.3, -0.25) is 4.79 Å². The second-order valence-corrected chi connectivity index (χ2v) is 6.02. The van der Waals surface area contributed by atoms with E-state index in [2.05, 4.69) is 14.5 Å². The molecule has 4 heterocycles. The second-order valence-electron chi connectivity index (χ2n) is 6.02. The third kappa shape index (κ3) is 2.50. The summed E-state index contributed by atoms with van der Waals surface area (Å²) in [6.07, 6.45) is 9.61. The molecular formula is C17H19N5O. The van der Waals surface area contributed by atoms with Crippen molar-refractivity contribution in [1.29, 1.82) is 0 Å². The maximum absolute atomic E-state index is 12.8. The van der Waals surface area contributed by atoms with Gasteiger partial charge in [0.05, 0.1) is 6.04 Å². The van der Waals surface area contributed by atoms with E-state index in [-0.39, 0.29) is 5.91 Å². The number of hydrogen-bond acceptors (Lipinski definition) is 3. The molecule has 4 rings (SSSR count). The molecule has 1 amide bonds. The third-order valence-corrected chi connectivity index (χ3v) is 4.52. The van der Waals surface area contributed by atoms with Gasteiger partial charge in [-0.25, -0.2) is 9.97 Å². The van der Waals surface area contributed by atoms with Gasteiger partial charge >= 0.3 is 0 Å². The Bertz CT molecular complexity index is 816. The smallest absolute Gasteiger partial charge is 0.274 e. The summed E-state index contributed by atoms with van der Waals surface area (Å²) in [6.45, 7) is 3.50. The van der Waals surface area contributed by atoms with Crippen LogP contribution in [0.15, 0.2) is 43.0 Å². The van der Waals surface area contributed by atoms with E-state index in [9.17, 15) is 4.79 Å². The van der Waals surface area contributed by atoms with E-state index in [4.69, 9.17) is 0 Å². The quantitative estimate of drug-likeness (QED) is 0.730. The molecule has 1 atom stereocenters. The van der Waals surface area contributed by atoms with Crippen LogP contribution in [0.4, 0.5) is 0 Å². The van der Waals surface area contributed by atoms with Gasteiger partial charge in [-0.1, -0.05) is 6.07 Å². The standard InChI is InChI=1S/C17H19N5O/c1-13-18-7-10-22(13)14-5-4-9-21(11-14)17(23)15-12-20-8-3-2-6-16(20)19-15/h2-3,6-8,10,12,14H,4-5,9,11H2,1H3/t14-/m1/s1. The molecule has 0 aliphatic carbocycles. The van der Waals surface area contributed by atoms with Crippen LogP contribution in [-0.4, -0.2) is 42.8 Å². The number of carbonyl (C=O) groups is 1. The Morgan fingerprint density at radius 2 is 2.22 bits per heavy atom. The highest BCUT2D eigenvalue weighted by atomic mass is 16.2. The predicted molar refractivity (Wildman–Crippen MR) is 86.3 cm³/mol. The van der Waals surface area contributed by atoms with E-state index in [1.807, 2.05) is 59.2 Å². The van der Waals surface area contributed by atoms with E-state index < -0.39 is 0 Å². The highest BCUT2D eigenvalue weighted by Crippen LogP contribution is 2.23. The predicted octanol–water partition coefficient (Wildman–Crippen LogP) is 2.32. The zero-order valence-corrected chi connectivity index (χ0v) is 13.1. The first-order valence-corrected chi connectivity index (χ1v) is 7.95. The Morgan fingerprint density at radius 1 is 1.30 bits per heavy atom. The molecule has 0 spiro atoms. The topological polar surface area (TPSA) is 55.4 Å². The summed E-state index contributed by atoms with van der Waals surface area (Å²) < 4.78 is 4.05. The van der Waals surface area contributed by atoms with Crippen molar-refractivity contribution in [1.82, 2.24) is 23.8 Å². The van der Waals surface area contributed by atoms with Crippen LogP contribution in [-0.2, 0) is 0 Å². The zero-order valence-electron chi connectivity index (χ0n) is 13.1. The average Bonchev–Trinajstić information content (AvgIpc) is 3.20. The van der Waals surface area contributed by atoms with Gasteiger partial charge in [0.15, 0.2) is 0 Å². The largest absolute Gasteiger partial charge is 0.335 e. The molecule has 6 nitrogen and oxygen atoms in total. The summed E-state index contributed by atoms with van der Waals surface area (Å²) in [5, 5.41) is 0. The van der Waals surface area contributed by atoms with Crippen LogP contribution in [0.25, 0.3) is 5.65 Å². The third-order valence-electron chi connectivity index (χ3n) is 4.52. The van der Waals surface area contributed by atoms with E-state index in [1.165, 1.54) is 0 Å². The van der Waals surface area contributed by atoms with E-state index in [0.717, 1.165) is 30.9 Å². The van der Waals surface area contributed by atoms with Crippen molar-refractivity contribution in [3.05, 3.63) is 54.5 Å². The Hall–Kier alpha value is -2.63. The number of aromatic nitrogens is 4. The Balaban J connectivity index is 1.57. The molecule has 118 valence electrons. The van der Waals surface area contributed by atoms with Gasteiger partial charge in [-0.05, 0) is 31.9 Å². The van der Waals surface area contributed by atoms with E-state index >= 15 is 0 Å². The molecule has 6 heteroatoms. The number of piperidine rings is 1. The molecule has 0 saturated carbocycles. The lowest BCUT2D eigenvalue weighted by Gasteiger charge is -2.33. The molecule has 0 radical (unpaired) electrons. The van der Waals surface area contributed by atoms with Crippen LogP contribution in [0.3, 0.4) is 0 Å². The van der Waals surface area contributed by atoms with Crippen molar-refractivity contribution >= 4 is 11.6 Å². The van der Waals surface area contributed by atoms with Crippen molar-refractivity contribution in [2.24, 2.45) is 0 Å². The minimum Gasteiger partial charge on any atom is -0.335 e. The van der Waals surface area contributed by atoms with E-state index in [1.54, 1.807) is 0 Å². The summed E-state index contributed by atoms with van der Waals surface area (Å²) >= 11 is 0. The van der Waals surface area contributed by atoms with E-state index in [0.29, 0.717) is 18.3 Å². The molecule has 0 unspecified atom stereocenters. The summed E-state index contributed by atoms with van der Waals surface area (Å²) in [7, 11) is 0. The SMILES string of the molecule is Cc1nccn1[C@@H]1CCCN(C(=O)c2cn3ccccc3n2)C1. The Labute approximate surface area is 134 Å². The van der Waals surface area contributed by atoms with Gasteiger partial charge in [-0.15, -0.1) is 0 Å². The lowest BCUT2D eigenvalue weighted by atomic mass is 10.1. The highest BCUT2D eigenvalue weighted by Gasteiger charge is 2.27. The second kappa shape index (κ2) is 5.53. The molecule has 0 N–H and O–H groups in total. The minimum absolute atomic E-state index is 0.0103. The Kier molecular flexibility index (Phi) is 3.37. The number of pyridine rings is 1. The lowest BCUT2D eigenvalue weighted by Crippen LogP contribution is -2.41. The number of nitrogens with zero attached hydrogens (tertiary/aromatic N) is 5. The molecule has 3 aromatic rings. The monoisotopic (exact) mass is 309 g/mol. The number of amides is 1. The van der Waals surface area contributed by atoms with Crippen molar-refractivity contribution in [3.8, 4) is 0 Å². The summed E-state index contributed by atoms with van der Waals surface area (Å²) in [4.78, 5) is 23.4. The number of likely N-dealkylation sites (tertiary alicyclic amines) is 1. The first-order valence-electron chi connectivity index (χ1n) is 7.95.